The van der Waals surface area contributed by atoms with Gasteiger partial charge in [-0.1, -0.05) is 59.3 Å². The molecule has 170 valence electrons. The highest BCUT2D eigenvalue weighted by molar-refractivity contribution is 7.80. The summed E-state index contributed by atoms with van der Waals surface area (Å²) in [5, 5.41) is 7.85. The van der Waals surface area contributed by atoms with Crippen LogP contribution in [0.3, 0.4) is 0 Å². The summed E-state index contributed by atoms with van der Waals surface area (Å²) >= 11 is 5.64. The van der Waals surface area contributed by atoms with E-state index in [0.717, 1.165) is 28.8 Å². The maximum atomic E-state index is 14.1. The molecule has 5 rings (SSSR count). The molecule has 0 bridgehead atoms. The van der Waals surface area contributed by atoms with Gasteiger partial charge >= 0.3 is 0 Å². The molecule has 0 radical (unpaired) electrons. The Bertz CT molecular complexity index is 1420. The van der Waals surface area contributed by atoms with Gasteiger partial charge in [-0.15, -0.1) is 0 Å². The summed E-state index contributed by atoms with van der Waals surface area (Å²) in [7, 11) is 0. The normalized spacial score (nSPS) is 16.1. The van der Waals surface area contributed by atoms with Crippen LogP contribution in [0.25, 0.3) is 17.0 Å². The highest BCUT2D eigenvalue weighted by atomic mass is 32.1. The number of nitrogens with zero attached hydrogens (tertiary/aromatic N) is 3. The first-order valence-corrected chi connectivity index (χ1v) is 11.1. The van der Waals surface area contributed by atoms with Gasteiger partial charge in [0, 0.05) is 17.3 Å². The molecule has 8 heteroatoms. The van der Waals surface area contributed by atoms with Gasteiger partial charge in [-0.3, -0.25) is 4.90 Å². The summed E-state index contributed by atoms with van der Waals surface area (Å²) in [6.07, 6.45) is 0. The summed E-state index contributed by atoms with van der Waals surface area (Å²) in [5.41, 5.74) is 4.60. The molecule has 0 fully saturated rings. The number of anilines is 1. The van der Waals surface area contributed by atoms with Crippen LogP contribution in [0.4, 0.5) is 14.5 Å². The van der Waals surface area contributed by atoms with Crippen molar-refractivity contribution in [2.75, 3.05) is 4.90 Å². The van der Waals surface area contributed by atoms with Crippen LogP contribution >= 0.6 is 12.2 Å². The Morgan fingerprint density at radius 3 is 2.47 bits per heavy atom. The molecule has 0 aliphatic carbocycles. The molecule has 1 unspecified atom stereocenters. The van der Waals surface area contributed by atoms with Gasteiger partial charge < -0.3 is 9.84 Å². The molecule has 3 aromatic carbocycles. The maximum absolute atomic E-state index is 14.1. The summed E-state index contributed by atoms with van der Waals surface area (Å²) < 4.78 is 33.4. The van der Waals surface area contributed by atoms with E-state index in [-0.39, 0.29) is 6.04 Å². The molecule has 1 aliphatic heterocycles. The van der Waals surface area contributed by atoms with Gasteiger partial charge in [-0.25, -0.2) is 8.78 Å². The maximum Gasteiger partial charge on any atom is 0.258 e. The highest BCUT2D eigenvalue weighted by Gasteiger charge is 2.35. The number of thiocarbonyl (C=S) groups is 1. The number of hydrogen-bond donors (Lipinski definition) is 1. The van der Waals surface area contributed by atoms with Crippen molar-refractivity contribution < 1.29 is 13.3 Å². The van der Waals surface area contributed by atoms with Crippen LogP contribution in [0.1, 0.15) is 30.0 Å². The van der Waals surface area contributed by atoms with Crippen LogP contribution in [0, 0.1) is 18.6 Å². The minimum Gasteiger partial charge on any atom is -0.351 e. The second-order valence-electron chi connectivity index (χ2n) is 8.02. The van der Waals surface area contributed by atoms with E-state index in [1.165, 1.54) is 6.07 Å². The molecule has 1 atom stereocenters. The van der Waals surface area contributed by atoms with Crippen LogP contribution in [0.5, 0.6) is 0 Å². The van der Waals surface area contributed by atoms with E-state index < -0.39 is 11.6 Å². The Balaban J connectivity index is 1.66. The van der Waals surface area contributed by atoms with Gasteiger partial charge in [0.15, 0.2) is 16.7 Å². The van der Waals surface area contributed by atoms with Gasteiger partial charge in [0.2, 0.25) is 5.82 Å². The summed E-state index contributed by atoms with van der Waals surface area (Å²) in [6, 6.07) is 20.8. The van der Waals surface area contributed by atoms with Gasteiger partial charge in [0.1, 0.15) is 0 Å². The molecule has 0 amide bonds. The van der Waals surface area contributed by atoms with Crippen LogP contribution in [-0.2, 0) is 0 Å². The highest BCUT2D eigenvalue weighted by Crippen LogP contribution is 2.39. The number of allylic oxidation sites excluding steroid dienone is 1. The van der Waals surface area contributed by atoms with E-state index in [9.17, 15) is 8.78 Å². The fraction of sp³-hybridized carbons (Fsp3) is 0.115. The number of halogens is 2. The summed E-state index contributed by atoms with van der Waals surface area (Å²) in [6.45, 7) is 3.84. The molecule has 0 spiro atoms. The number of rotatable bonds is 4. The first kappa shape index (κ1) is 21.9. The average molecular weight is 475 g/mol. The first-order valence-electron chi connectivity index (χ1n) is 10.6. The third-order valence-electron chi connectivity index (χ3n) is 5.71. The lowest BCUT2D eigenvalue weighted by Crippen LogP contribution is -2.46. The summed E-state index contributed by atoms with van der Waals surface area (Å²) in [5.74, 6) is -1.12. The Hall–Kier alpha value is -3.91. The van der Waals surface area contributed by atoms with Crippen molar-refractivity contribution in [3.63, 3.8) is 0 Å². The van der Waals surface area contributed by atoms with Crippen LogP contribution in [0.2, 0.25) is 0 Å². The van der Waals surface area contributed by atoms with E-state index in [0.29, 0.717) is 33.8 Å². The van der Waals surface area contributed by atoms with E-state index in [1.54, 1.807) is 4.90 Å². The topological polar surface area (TPSA) is 54.2 Å². The molecule has 1 aromatic heterocycles. The molecule has 2 heterocycles. The zero-order valence-electron chi connectivity index (χ0n) is 18.4. The fourth-order valence-electron chi connectivity index (χ4n) is 4.08. The summed E-state index contributed by atoms with van der Waals surface area (Å²) in [4.78, 5) is 6.32. The quantitative estimate of drug-likeness (QED) is 0.356. The lowest BCUT2D eigenvalue weighted by atomic mass is 9.94. The van der Waals surface area contributed by atoms with Crippen LogP contribution in [-0.4, -0.2) is 15.3 Å². The Morgan fingerprint density at radius 2 is 1.74 bits per heavy atom. The SMILES string of the molecule is CC1=C(c2nc(-c3cccc(C)c3)no2)C(c2ccccc2)NC(=S)N1c1ccc(F)c(F)c1. The molecular formula is C26H20F2N4OS. The fourth-order valence-corrected chi connectivity index (χ4v) is 4.45. The average Bonchev–Trinajstić information content (AvgIpc) is 3.31. The van der Waals surface area contributed by atoms with Gasteiger partial charge in [-0.05, 0) is 49.8 Å². The minimum absolute atomic E-state index is 0.311. The number of benzene rings is 3. The van der Waals surface area contributed by atoms with E-state index >= 15 is 0 Å². The van der Waals surface area contributed by atoms with E-state index in [1.807, 2.05) is 68.4 Å². The third kappa shape index (κ3) is 3.97. The molecule has 5 nitrogen and oxygen atoms in total. The predicted molar refractivity (Wildman–Crippen MR) is 131 cm³/mol. The molecule has 34 heavy (non-hydrogen) atoms. The van der Waals surface area contributed by atoms with Crippen molar-refractivity contribution in [3.8, 4) is 11.4 Å². The monoisotopic (exact) mass is 474 g/mol. The third-order valence-corrected chi connectivity index (χ3v) is 6.01. The van der Waals surface area contributed by atoms with Crippen molar-refractivity contribution >= 4 is 28.6 Å². The lowest BCUT2D eigenvalue weighted by Gasteiger charge is -2.37. The van der Waals surface area contributed by atoms with Crippen LogP contribution in [0.15, 0.2) is 83.0 Å². The number of hydrogen-bond acceptors (Lipinski definition) is 4. The molecule has 1 aliphatic rings. The Labute approximate surface area is 200 Å². The van der Waals surface area contributed by atoms with Crippen molar-refractivity contribution in [2.24, 2.45) is 0 Å². The Kier molecular flexibility index (Phi) is 5.67. The number of aromatic nitrogens is 2. The molecular weight excluding hydrogens is 454 g/mol. The smallest absolute Gasteiger partial charge is 0.258 e. The van der Waals surface area contributed by atoms with Crippen molar-refractivity contribution in [1.82, 2.24) is 15.5 Å². The second-order valence-corrected chi connectivity index (χ2v) is 8.41. The molecule has 1 N–H and O–H groups in total. The standard InChI is InChI=1S/C26H20F2N4OS/c1-15-7-6-10-18(13-15)24-30-25(33-31-24)22-16(2)32(19-11-12-20(27)21(28)14-19)26(34)29-23(22)17-8-4-3-5-9-17/h3-14,23H,1-2H3,(H,29,34). The van der Waals surface area contributed by atoms with Crippen molar-refractivity contribution in [1.29, 1.82) is 0 Å². The second kappa shape index (κ2) is 8.79. The van der Waals surface area contributed by atoms with Gasteiger partial charge in [-0.2, -0.15) is 4.98 Å². The molecule has 4 aromatic rings. The number of aryl methyl sites for hydroxylation is 1. The predicted octanol–water partition coefficient (Wildman–Crippen LogP) is 6.19. The molecule has 0 saturated heterocycles. The Morgan fingerprint density at radius 1 is 0.941 bits per heavy atom. The lowest BCUT2D eigenvalue weighted by molar-refractivity contribution is 0.404. The minimum atomic E-state index is -0.959. The van der Waals surface area contributed by atoms with Gasteiger partial charge in [0.25, 0.3) is 5.89 Å². The van der Waals surface area contributed by atoms with E-state index in [4.69, 9.17) is 16.7 Å². The zero-order chi connectivity index (χ0) is 23.8. The van der Waals surface area contributed by atoms with E-state index in [2.05, 4.69) is 15.5 Å². The largest absolute Gasteiger partial charge is 0.351 e. The van der Waals surface area contributed by atoms with Crippen molar-refractivity contribution in [2.45, 2.75) is 19.9 Å². The first-order chi connectivity index (χ1) is 16.4. The van der Waals surface area contributed by atoms with Crippen LogP contribution < -0.4 is 10.2 Å². The van der Waals surface area contributed by atoms with Gasteiger partial charge in [0.05, 0.1) is 17.3 Å². The zero-order valence-corrected chi connectivity index (χ0v) is 19.2. The number of nitrogens with one attached hydrogen (secondary N) is 1. The molecule has 0 saturated carbocycles. The van der Waals surface area contributed by atoms with Crippen molar-refractivity contribution in [3.05, 3.63) is 107 Å².